The van der Waals surface area contributed by atoms with Gasteiger partial charge in [-0.3, -0.25) is 9.78 Å². The number of carbonyl (C=O) groups excluding carboxylic acids is 1. The number of carbonyl (C=O) groups is 1. The molecule has 9 nitrogen and oxygen atoms in total. The lowest BCUT2D eigenvalue weighted by atomic mass is 10.1. The summed E-state index contributed by atoms with van der Waals surface area (Å²) in [6, 6.07) is 16.1. The molecule has 1 amide bonds. The first-order chi connectivity index (χ1) is 23.2. The molecule has 0 aliphatic carbocycles. The van der Waals surface area contributed by atoms with Crippen LogP contribution in [0, 0.1) is 17.1 Å². The number of anilines is 3. The highest BCUT2D eigenvalue weighted by Crippen LogP contribution is 2.37. The van der Waals surface area contributed by atoms with Gasteiger partial charge in [-0.1, -0.05) is 29.8 Å². The number of benzene rings is 3. The molecule has 0 radical (unpaired) electrons. The predicted octanol–water partition coefficient (Wildman–Crippen LogP) is 6.30. The van der Waals surface area contributed by atoms with E-state index in [1.807, 2.05) is 0 Å². The zero-order valence-electron chi connectivity index (χ0n) is 29.0. The molecule has 0 atom stereocenters. The van der Waals surface area contributed by atoms with Crippen LogP contribution in [0.1, 0.15) is 19.4 Å². The van der Waals surface area contributed by atoms with Gasteiger partial charge in [0, 0.05) is 51.3 Å². The first kappa shape index (κ1) is 23.8. The van der Waals surface area contributed by atoms with Crippen molar-refractivity contribution < 1.29 is 31.6 Å². The molecule has 1 heterocycles. The Hall–Kier alpha value is -4.69. The van der Waals surface area contributed by atoms with Gasteiger partial charge in [0.2, 0.25) is 5.91 Å². The Morgan fingerprint density at radius 2 is 2.02 bits per heavy atom. The van der Waals surface area contributed by atoms with Gasteiger partial charge in [0.1, 0.15) is 36.6 Å². The van der Waals surface area contributed by atoms with Crippen molar-refractivity contribution in [3.8, 4) is 17.6 Å². The van der Waals surface area contributed by atoms with E-state index in [0.29, 0.717) is 38.5 Å². The Kier molecular flexibility index (Phi) is 8.30. The second-order valence-electron chi connectivity index (χ2n) is 9.06. The third kappa shape index (κ3) is 8.66. The largest absolute Gasteiger partial charge is 0.489 e. The lowest BCUT2D eigenvalue weighted by Gasteiger charge is -2.17. The molecule has 11 heteroatoms. The molecule has 0 aliphatic heterocycles. The lowest BCUT2D eigenvalue weighted by molar-refractivity contribution is -0.111. The Morgan fingerprint density at radius 1 is 1.16 bits per heavy atom. The molecule has 0 spiro atoms. The van der Waals surface area contributed by atoms with Gasteiger partial charge in [0.15, 0.2) is 0 Å². The van der Waals surface area contributed by atoms with Gasteiger partial charge < -0.3 is 29.7 Å². The molecule has 1 aromatic heterocycles. The van der Waals surface area contributed by atoms with Crippen LogP contribution >= 0.6 is 11.6 Å². The smallest absolute Gasteiger partial charge is 0.248 e. The standard InChI is InChI=1S/C32H31ClFN5O4/c1-39(2)11-5-8-31(40)38-28-16-25-27(17-30(28)42-13-12-41-3)36-19-22(18-35)32(25)37-24-9-10-29(26(33)15-24)43-20-21-6-4-7-23(34)14-21/h4-10,14-17,19H,11-13,20H2,1-3H3,(H,36,37)(H,38,40)/i1D3,2D3. The number of likely N-dealkylation sites (N-methyl/N-ethyl adjacent to an activating group) is 1. The number of aromatic nitrogens is 1. The first-order valence-corrected chi connectivity index (χ1v) is 13.2. The van der Waals surface area contributed by atoms with E-state index in [1.165, 1.54) is 25.4 Å². The molecule has 4 rings (SSSR count). The SMILES string of the molecule is [2H]C([2H])([2H])N(CC=CC(=O)Nc1cc2c(Nc3ccc(OCc4cccc(F)c4)c(Cl)c3)c(C#N)cnc2cc1OCCOC)C([2H])([2H])[2H]. The van der Waals surface area contributed by atoms with Crippen molar-refractivity contribution in [2.24, 2.45) is 0 Å². The highest BCUT2D eigenvalue weighted by atomic mass is 35.5. The molecule has 0 saturated carbocycles. The van der Waals surface area contributed by atoms with E-state index in [9.17, 15) is 14.4 Å². The van der Waals surface area contributed by atoms with Gasteiger partial charge >= 0.3 is 0 Å². The van der Waals surface area contributed by atoms with Crippen LogP contribution in [0.3, 0.4) is 0 Å². The number of fused-ring (bicyclic) bond motifs is 1. The molecule has 2 N–H and O–H groups in total. The van der Waals surface area contributed by atoms with Crippen LogP contribution < -0.4 is 20.1 Å². The minimum Gasteiger partial charge on any atom is -0.489 e. The topological polar surface area (TPSA) is 109 Å². The van der Waals surface area contributed by atoms with E-state index in [4.69, 9.17) is 34.0 Å². The normalized spacial score (nSPS) is 13.7. The van der Waals surface area contributed by atoms with Crippen LogP contribution in [0.2, 0.25) is 5.02 Å². The van der Waals surface area contributed by atoms with E-state index in [0.717, 1.165) is 12.2 Å². The van der Waals surface area contributed by atoms with Crippen LogP contribution in [0.15, 0.2) is 72.9 Å². The predicted molar refractivity (Wildman–Crippen MR) is 166 cm³/mol. The highest BCUT2D eigenvalue weighted by molar-refractivity contribution is 6.32. The average molecular weight is 610 g/mol. The molecule has 222 valence electrons. The number of halogens is 2. The van der Waals surface area contributed by atoms with E-state index < -0.39 is 26.4 Å². The van der Waals surface area contributed by atoms with Gasteiger partial charge in [0.25, 0.3) is 0 Å². The summed E-state index contributed by atoms with van der Waals surface area (Å²) in [4.78, 5) is 17.6. The minimum atomic E-state index is -2.91. The maximum absolute atomic E-state index is 13.5. The maximum Gasteiger partial charge on any atom is 0.248 e. The highest BCUT2D eigenvalue weighted by Gasteiger charge is 2.16. The summed E-state index contributed by atoms with van der Waals surface area (Å²) in [5.41, 5.74) is 2.23. The van der Waals surface area contributed by atoms with Crippen molar-refractivity contribution in [3.63, 3.8) is 0 Å². The van der Waals surface area contributed by atoms with Gasteiger partial charge in [-0.25, -0.2) is 4.39 Å². The first-order valence-electron chi connectivity index (χ1n) is 15.9. The third-order valence-corrected chi connectivity index (χ3v) is 6.23. The van der Waals surface area contributed by atoms with E-state index in [-0.39, 0.29) is 47.7 Å². The summed E-state index contributed by atoms with van der Waals surface area (Å²) < 4.78 is 75.1. The monoisotopic (exact) mass is 609 g/mol. The fraction of sp³-hybridized carbons (Fsp3) is 0.219. The van der Waals surface area contributed by atoms with Crippen LogP contribution in [0.5, 0.6) is 11.5 Å². The second kappa shape index (κ2) is 15.0. The fourth-order valence-corrected chi connectivity index (χ4v) is 4.19. The van der Waals surface area contributed by atoms with E-state index in [2.05, 4.69) is 21.7 Å². The zero-order chi connectivity index (χ0) is 35.8. The number of methoxy groups -OCH3 is 1. The zero-order valence-corrected chi connectivity index (χ0v) is 23.7. The average Bonchev–Trinajstić information content (AvgIpc) is 3.02. The molecular formula is C32H31ClFN5O4. The Labute approximate surface area is 262 Å². The summed E-state index contributed by atoms with van der Waals surface area (Å²) in [7, 11) is 1.50. The van der Waals surface area contributed by atoms with Crippen molar-refractivity contribution in [2.45, 2.75) is 6.61 Å². The van der Waals surface area contributed by atoms with Crippen molar-refractivity contribution in [1.29, 1.82) is 5.26 Å². The molecule has 0 fully saturated rings. The summed E-state index contributed by atoms with van der Waals surface area (Å²) in [5.74, 6) is -0.505. The second-order valence-corrected chi connectivity index (χ2v) is 9.46. The Bertz CT molecular complexity index is 1870. The number of rotatable bonds is 13. The third-order valence-electron chi connectivity index (χ3n) is 5.93. The summed E-state index contributed by atoms with van der Waals surface area (Å²) >= 11 is 6.50. The summed E-state index contributed by atoms with van der Waals surface area (Å²) in [6.07, 6.45) is 3.51. The molecule has 0 aliphatic rings. The van der Waals surface area contributed by atoms with Crippen molar-refractivity contribution in [2.75, 3.05) is 51.5 Å². The van der Waals surface area contributed by atoms with Crippen molar-refractivity contribution in [3.05, 3.63) is 94.9 Å². The number of hydrogen-bond donors (Lipinski definition) is 2. The summed E-state index contributed by atoms with van der Waals surface area (Å²) in [5, 5.41) is 16.5. The molecule has 4 aromatic rings. The molecule has 43 heavy (non-hydrogen) atoms. The van der Waals surface area contributed by atoms with Gasteiger partial charge in [-0.15, -0.1) is 0 Å². The number of pyridine rings is 1. The summed E-state index contributed by atoms with van der Waals surface area (Å²) in [6.45, 7) is -5.92. The van der Waals surface area contributed by atoms with Gasteiger partial charge in [-0.05, 0) is 55.9 Å². The van der Waals surface area contributed by atoms with Crippen LogP contribution in [0.25, 0.3) is 10.9 Å². The van der Waals surface area contributed by atoms with Crippen LogP contribution in [0.4, 0.5) is 21.5 Å². The number of amides is 1. The van der Waals surface area contributed by atoms with Gasteiger partial charge in [0.05, 0.1) is 34.1 Å². The van der Waals surface area contributed by atoms with E-state index >= 15 is 0 Å². The molecule has 0 bridgehead atoms. The lowest BCUT2D eigenvalue weighted by Crippen LogP contribution is -2.14. The van der Waals surface area contributed by atoms with Crippen molar-refractivity contribution in [1.82, 2.24) is 9.88 Å². The quantitative estimate of drug-likeness (QED) is 0.134. The molecular weight excluding hydrogens is 573 g/mol. The molecule has 3 aromatic carbocycles. The number of nitrogens with one attached hydrogen (secondary N) is 2. The fourth-order valence-electron chi connectivity index (χ4n) is 3.96. The number of ether oxygens (including phenoxy) is 3. The molecule has 0 unspecified atom stereocenters. The Balaban J connectivity index is 1.63. The van der Waals surface area contributed by atoms with Crippen LogP contribution in [-0.2, 0) is 16.1 Å². The van der Waals surface area contributed by atoms with E-state index in [1.54, 1.807) is 42.5 Å². The Morgan fingerprint density at radius 3 is 2.77 bits per heavy atom. The van der Waals surface area contributed by atoms with Crippen molar-refractivity contribution >= 4 is 45.5 Å². The number of hydrogen-bond acceptors (Lipinski definition) is 8. The number of nitriles is 1. The minimum absolute atomic E-state index is 0.0907. The van der Waals surface area contributed by atoms with Gasteiger partial charge in [-0.2, -0.15) is 5.26 Å². The molecule has 0 saturated heterocycles. The van der Waals surface area contributed by atoms with Crippen LogP contribution in [-0.4, -0.2) is 56.6 Å². The number of nitrogens with zero attached hydrogens (tertiary/aromatic N) is 3. The maximum atomic E-state index is 13.5.